The fourth-order valence-electron chi connectivity index (χ4n) is 2.52. The van der Waals surface area contributed by atoms with Crippen molar-refractivity contribution in [1.82, 2.24) is 0 Å². The normalized spacial score (nSPS) is 37.9. The number of hydrogen-bond donors (Lipinski definition) is 2. The first-order valence-corrected chi connectivity index (χ1v) is 5.08. The molecule has 0 aromatic carbocycles. The van der Waals surface area contributed by atoms with Crippen molar-refractivity contribution in [3.05, 3.63) is 0 Å². The van der Waals surface area contributed by atoms with Gasteiger partial charge in [0.25, 0.3) is 0 Å². The van der Waals surface area contributed by atoms with Gasteiger partial charge in [-0.15, -0.1) is 0 Å². The van der Waals surface area contributed by atoms with Crippen molar-refractivity contribution >= 4 is 11.9 Å². The molecule has 4 unspecified atom stereocenters. The minimum absolute atomic E-state index is 0.0694. The SMILES string of the molecule is CC.O=C(O)C1CCC2C(C(=O)O)C12. The van der Waals surface area contributed by atoms with Crippen molar-refractivity contribution in [1.29, 1.82) is 0 Å². The summed E-state index contributed by atoms with van der Waals surface area (Å²) >= 11 is 0. The van der Waals surface area contributed by atoms with Crippen LogP contribution in [0.5, 0.6) is 0 Å². The molecule has 0 bridgehead atoms. The van der Waals surface area contributed by atoms with Gasteiger partial charge in [-0.3, -0.25) is 9.59 Å². The summed E-state index contributed by atoms with van der Waals surface area (Å²) in [6, 6.07) is 0. The summed E-state index contributed by atoms with van der Waals surface area (Å²) in [6.07, 6.45) is 1.44. The van der Waals surface area contributed by atoms with Crippen molar-refractivity contribution < 1.29 is 19.8 Å². The molecule has 4 atom stereocenters. The van der Waals surface area contributed by atoms with Crippen LogP contribution in [-0.2, 0) is 9.59 Å². The third-order valence-corrected chi connectivity index (χ3v) is 3.11. The van der Waals surface area contributed by atoms with Gasteiger partial charge in [0, 0.05) is 0 Å². The minimum Gasteiger partial charge on any atom is -0.481 e. The predicted octanol–water partition coefficient (Wildman–Crippen LogP) is 1.45. The first kappa shape index (κ1) is 11.0. The van der Waals surface area contributed by atoms with Crippen molar-refractivity contribution in [2.24, 2.45) is 23.7 Å². The van der Waals surface area contributed by atoms with Gasteiger partial charge < -0.3 is 10.2 Å². The van der Waals surface area contributed by atoms with Crippen molar-refractivity contribution in [3.8, 4) is 0 Å². The van der Waals surface area contributed by atoms with Crippen LogP contribution in [0.2, 0.25) is 0 Å². The zero-order valence-corrected chi connectivity index (χ0v) is 8.43. The Bertz CT molecular complexity index is 249. The number of carbonyl (C=O) groups is 2. The Kier molecular flexibility index (Phi) is 3.13. The van der Waals surface area contributed by atoms with E-state index in [1.165, 1.54) is 0 Å². The summed E-state index contributed by atoms with van der Waals surface area (Å²) in [5.74, 6) is -2.32. The molecule has 0 aromatic rings. The first-order chi connectivity index (χ1) is 6.63. The van der Waals surface area contributed by atoms with E-state index in [2.05, 4.69) is 0 Å². The number of fused-ring (bicyclic) bond motifs is 1. The number of rotatable bonds is 2. The van der Waals surface area contributed by atoms with Gasteiger partial charge >= 0.3 is 11.9 Å². The van der Waals surface area contributed by atoms with Crippen LogP contribution in [0.25, 0.3) is 0 Å². The van der Waals surface area contributed by atoms with E-state index in [0.717, 1.165) is 6.42 Å². The third-order valence-electron chi connectivity index (χ3n) is 3.11. The van der Waals surface area contributed by atoms with Crippen LogP contribution in [0.1, 0.15) is 26.7 Å². The zero-order chi connectivity index (χ0) is 10.9. The lowest BCUT2D eigenvalue weighted by atomic mass is 10.0. The van der Waals surface area contributed by atoms with E-state index in [1.807, 2.05) is 13.8 Å². The molecule has 0 aromatic heterocycles. The Labute approximate surface area is 82.9 Å². The van der Waals surface area contributed by atoms with E-state index < -0.39 is 17.9 Å². The highest BCUT2D eigenvalue weighted by Gasteiger charge is 2.63. The van der Waals surface area contributed by atoms with Crippen LogP contribution in [0.3, 0.4) is 0 Å². The van der Waals surface area contributed by atoms with Gasteiger partial charge in [-0.1, -0.05) is 13.8 Å². The molecule has 2 aliphatic carbocycles. The molecule has 0 saturated heterocycles. The molecule has 4 heteroatoms. The van der Waals surface area contributed by atoms with E-state index in [-0.39, 0.29) is 17.8 Å². The van der Waals surface area contributed by atoms with Crippen LogP contribution < -0.4 is 0 Å². The average Bonchev–Trinajstić information content (AvgIpc) is 2.70. The second-order valence-electron chi connectivity index (χ2n) is 3.63. The van der Waals surface area contributed by atoms with Crippen LogP contribution in [0, 0.1) is 23.7 Å². The molecule has 2 fully saturated rings. The van der Waals surface area contributed by atoms with Gasteiger partial charge in [0.15, 0.2) is 0 Å². The van der Waals surface area contributed by atoms with Crippen molar-refractivity contribution in [2.75, 3.05) is 0 Å². The maximum Gasteiger partial charge on any atom is 0.307 e. The highest BCUT2D eigenvalue weighted by molar-refractivity contribution is 5.79. The Hall–Kier alpha value is -1.06. The van der Waals surface area contributed by atoms with Crippen LogP contribution in [0.15, 0.2) is 0 Å². The Morgan fingerprint density at radius 1 is 1.07 bits per heavy atom. The maximum absolute atomic E-state index is 10.6. The summed E-state index contributed by atoms with van der Waals surface area (Å²) in [4.78, 5) is 21.2. The first-order valence-electron chi connectivity index (χ1n) is 5.08. The Morgan fingerprint density at radius 3 is 2.00 bits per heavy atom. The molecule has 80 valence electrons. The molecule has 0 radical (unpaired) electrons. The molecule has 2 rings (SSSR count). The van der Waals surface area contributed by atoms with Gasteiger partial charge in [0.2, 0.25) is 0 Å². The molecule has 14 heavy (non-hydrogen) atoms. The zero-order valence-electron chi connectivity index (χ0n) is 8.43. The molecular formula is C10H16O4. The van der Waals surface area contributed by atoms with Gasteiger partial charge in [0.05, 0.1) is 11.8 Å². The van der Waals surface area contributed by atoms with Gasteiger partial charge in [-0.25, -0.2) is 0 Å². The lowest BCUT2D eigenvalue weighted by molar-refractivity contribution is -0.143. The molecule has 4 nitrogen and oxygen atoms in total. The number of hydrogen-bond acceptors (Lipinski definition) is 2. The Morgan fingerprint density at radius 2 is 1.64 bits per heavy atom. The van der Waals surface area contributed by atoms with E-state index in [4.69, 9.17) is 10.2 Å². The molecule has 2 saturated carbocycles. The van der Waals surface area contributed by atoms with Crippen molar-refractivity contribution in [3.63, 3.8) is 0 Å². The maximum atomic E-state index is 10.6. The molecular weight excluding hydrogens is 184 g/mol. The van der Waals surface area contributed by atoms with Crippen molar-refractivity contribution in [2.45, 2.75) is 26.7 Å². The quantitative estimate of drug-likeness (QED) is 0.707. The highest BCUT2D eigenvalue weighted by atomic mass is 16.4. The second kappa shape index (κ2) is 3.98. The Balaban J connectivity index is 0.000000461. The lowest BCUT2D eigenvalue weighted by Gasteiger charge is -2.05. The standard InChI is InChI=1S/C8H10O4.C2H6/c9-7(10)4-2-1-3-5(4)6(3)8(11)12;1-2/h3-6H,1-2H2,(H,9,10)(H,11,12);1-2H3. The summed E-state index contributed by atoms with van der Waals surface area (Å²) in [6.45, 7) is 4.00. The molecule has 0 heterocycles. The van der Waals surface area contributed by atoms with E-state index >= 15 is 0 Å². The second-order valence-corrected chi connectivity index (χ2v) is 3.63. The van der Waals surface area contributed by atoms with Gasteiger partial charge in [0.1, 0.15) is 0 Å². The third kappa shape index (κ3) is 1.61. The summed E-state index contributed by atoms with van der Waals surface area (Å²) in [5.41, 5.74) is 0. The fourth-order valence-corrected chi connectivity index (χ4v) is 2.52. The average molecular weight is 200 g/mol. The number of carboxylic acid groups (broad SMARTS) is 2. The minimum atomic E-state index is -0.828. The summed E-state index contributed by atoms with van der Waals surface area (Å²) < 4.78 is 0. The smallest absolute Gasteiger partial charge is 0.307 e. The molecule has 2 aliphatic rings. The fraction of sp³-hybridized carbons (Fsp3) is 0.800. The summed E-state index contributed by atoms with van der Waals surface area (Å²) in [7, 11) is 0. The van der Waals surface area contributed by atoms with Crippen LogP contribution in [-0.4, -0.2) is 22.2 Å². The number of carboxylic acids is 2. The van der Waals surface area contributed by atoms with Crippen LogP contribution in [0.4, 0.5) is 0 Å². The predicted molar refractivity (Wildman–Crippen MR) is 49.8 cm³/mol. The van der Waals surface area contributed by atoms with Gasteiger partial charge in [-0.2, -0.15) is 0 Å². The number of aliphatic carboxylic acids is 2. The summed E-state index contributed by atoms with van der Waals surface area (Å²) in [5, 5.41) is 17.4. The molecule has 0 spiro atoms. The highest BCUT2D eigenvalue weighted by Crippen LogP contribution is 2.60. The monoisotopic (exact) mass is 200 g/mol. The van der Waals surface area contributed by atoms with E-state index in [0.29, 0.717) is 6.42 Å². The molecule has 2 N–H and O–H groups in total. The van der Waals surface area contributed by atoms with E-state index in [1.54, 1.807) is 0 Å². The lowest BCUT2D eigenvalue weighted by Crippen LogP contribution is -2.17. The largest absolute Gasteiger partial charge is 0.481 e. The molecule has 0 aliphatic heterocycles. The molecule has 0 amide bonds. The topological polar surface area (TPSA) is 74.6 Å². The van der Waals surface area contributed by atoms with Gasteiger partial charge in [-0.05, 0) is 24.7 Å². The van der Waals surface area contributed by atoms with E-state index in [9.17, 15) is 9.59 Å². The van der Waals surface area contributed by atoms with Crippen LogP contribution >= 0.6 is 0 Å².